The molecule has 2 nitrogen and oxygen atoms in total. The number of hydrogen-bond acceptors (Lipinski definition) is 3. The number of benzene rings is 2. The quantitative estimate of drug-likeness (QED) is 0.547. The van der Waals surface area contributed by atoms with Crippen LogP contribution in [0.1, 0.15) is 23.6 Å². The highest BCUT2D eigenvalue weighted by Gasteiger charge is 2.10. The molecule has 3 N–H and O–H groups in total. The normalized spacial score (nSPS) is 12.7. The van der Waals surface area contributed by atoms with Crippen LogP contribution in [0.3, 0.4) is 0 Å². The molecule has 0 bridgehead atoms. The Labute approximate surface area is 123 Å². The molecule has 1 heterocycles. The summed E-state index contributed by atoms with van der Waals surface area (Å²) in [5.41, 5.74) is 5.59. The molecule has 1 unspecified atom stereocenters. The molecule has 3 heteroatoms. The van der Waals surface area contributed by atoms with Crippen LogP contribution < -0.4 is 11.3 Å². The molecule has 3 aromatic rings. The fraction of sp³-hybridized carbons (Fsp3) is 0.176. The number of nitrogens with two attached hydrogens (primary N) is 1. The molecular weight excluding hydrogens is 264 g/mol. The van der Waals surface area contributed by atoms with E-state index in [0.29, 0.717) is 0 Å². The number of aryl methyl sites for hydroxylation is 1. The van der Waals surface area contributed by atoms with E-state index in [1.165, 1.54) is 21.9 Å². The molecular formula is C17H18N2S. The third-order valence-corrected chi connectivity index (χ3v) is 4.41. The minimum Gasteiger partial charge on any atom is -0.271 e. The molecule has 102 valence electrons. The Kier molecular flexibility index (Phi) is 4.11. The highest BCUT2D eigenvalue weighted by Crippen LogP contribution is 2.23. The van der Waals surface area contributed by atoms with Crippen molar-refractivity contribution < 1.29 is 0 Å². The summed E-state index contributed by atoms with van der Waals surface area (Å²) in [6.45, 7) is 0. The van der Waals surface area contributed by atoms with Gasteiger partial charge in [0.25, 0.3) is 0 Å². The van der Waals surface area contributed by atoms with Crippen molar-refractivity contribution in [3.8, 4) is 0 Å². The lowest BCUT2D eigenvalue weighted by atomic mass is 9.98. The second-order valence-corrected chi connectivity index (χ2v) is 5.78. The number of fused-ring (bicyclic) bond motifs is 1. The molecule has 0 aliphatic carbocycles. The first kappa shape index (κ1) is 13.3. The van der Waals surface area contributed by atoms with Crippen LogP contribution in [0.4, 0.5) is 0 Å². The van der Waals surface area contributed by atoms with E-state index in [2.05, 4.69) is 64.7 Å². The number of hydrogen-bond donors (Lipinski definition) is 2. The Balaban J connectivity index is 1.79. The van der Waals surface area contributed by atoms with E-state index < -0.39 is 0 Å². The van der Waals surface area contributed by atoms with Crippen LogP contribution in [-0.4, -0.2) is 0 Å². The second kappa shape index (κ2) is 6.18. The lowest BCUT2D eigenvalue weighted by molar-refractivity contribution is 0.517. The van der Waals surface area contributed by atoms with Gasteiger partial charge in [0.1, 0.15) is 0 Å². The molecule has 0 saturated carbocycles. The van der Waals surface area contributed by atoms with Gasteiger partial charge in [-0.15, -0.1) is 0 Å². The van der Waals surface area contributed by atoms with Gasteiger partial charge in [-0.25, -0.2) is 0 Å². The lowest BCUT2D eigenvalue weighted by Crippen LogP contribution is -2.28. The smallest absolute Gasteiger partial charge is 0.0463 e. The van der Waals surface area contributed by atoms with Gasteiger partial charge in [-0.05, 0) is 57.6 Å². The molecule has 0 saturated heterocycles. The Hall–Kier alpha value is -1.68. The molecule has 20 heavy (non-hydrogen) atoms. The minimum atomic E-state index is 0.194. The third-order valence-electron chi connectivity index (χ3n) is 3.68. The molecule has 0 spiro atoms. The summed E-state index contributed by atoms with van der Waals surface area (Å²) >= 11 is 1.74. The molecule has 2 aromatic carbocycles. The predicted molar refractivity (Wildman–Crippen MR) is 86.7 cm³/mol. The van der Waals surface area contributed by atoms with Crippen molar-refractivity contribution in [1.82, 2.24) is 5.43 Å². The van der Waals surface area contributed by atoms with Gasteiger partial charge in [-0.1, -0.05) is 36.4 Å². The monoisotopic (exact) mass is 282 g/mol. The zero-order valence-corrected chi connectivity index (χ0v) is 12.1. The van der Waals surface area contributed by atoms with Gasteiger partial charge < -0.3 is 0 Å². The Morgan fingerprint density at radius 1 is 1.05 bits per heavy atom. The number of rotatable bonds is 5. The third kappa shape index (κ3) is 2.90. The Morgan fingerprint density at radius 2 is 1.90 bits per heavy atom. The maximum atomic E-state index is 5.74. The SMILES string of the molecule is NNC(CCc1ccsc1)c1ccc2ccccc2c1. The molecule has 0 amide bonds. The van der Waals surface area contributed by atoms with Crippen LogP contribution in [0.25, 0.3) is 10.8 Å². The highest BCUT2D eigenvalue weighted by molar-refractivity contribution is 7.07. The molecule has 0 radical (unpaired) electrons. The zero-order valence-electron chi connectivity index (χ0n) is 11.3. The van der Waals surface area contributed by atoms with Gasteiger partial charge in [0.05, 0.1) is 0 Å². The van der Waals surface area contributed by atoms with Crippen molar-refractivity contribution in [3.05, 3.63) is 70.4 Å². The Bertz CT molecular complexity index is 676. The van der Waals surface area contributed by atoms with Crippen molar-refractivity contribution in [1.29, 1.82) is 0 Å². The molecule has 0 aliphatic rings. The van der Waals surface area contributed by atoms with E-state index in [0.717, 1.165) is 12.8 Å². The number of hydrazine groups is 1. The fourth-order valence-corrected chi connectivity index (χ4v) is 3.22. The average molecular weight is 282 g/mol. The second-order valence-electron chi connectivity index (χ2n) is 5.00. The maximum absolute atomic E-state index is 5.74. The summed E-state index contributed by atoms with van der Waals surface area (Å²) in [5.74, 6) is 5.74. The van der Waals surface area contributed by atoms with Gasteiger partial charge in [0, 0.05) is 6.04 Å². The summed E-state index contributed by atoms with van der Waals surface area (Å²) in [7, 11) is 0. The molecule has 1 aromatic heterocycles. The fourth-order valence-electron chi connectivity index (χ4n) is 2.52. The van der Waals surface area contributed by atoms with Crippen molar-refractivity contribution in [2.75, 3.05) is 0 Å². The van der Waals surface area contributed by atoms with Crippen LogP contribution in [0, 0.1) is 0 Å². The summed E-state index contributed by atoms with van der Waals surface area (Å²) < 4.78 is 0. The summed E-state index contributed by atoms with van der Waals surface area (Å²) in [5, 5.41) is 6.86. The topological polar surface area (TPSA) is 38.0 Å². The van der Waals surface area contributed by atoms with E-state index in [-0.39, 0.29) is 6.04 Å². The number of nitrogens with one attached hydrogen (secondary N) is 1. The molecule has 0 aliphatic heterocycles. The minimum absolute atomic E-state index is 0.194. The largest absolute Gasteiger partial charge is 0.271 e. The number of thiophene rings is 1. The van der Waals surface area contributed by atoms with Crippen LogP contribution >= 0.6 is 11.3 Å². The van der Waals surface area contributed by atoms with Crippen LogP contribution in [-0.2, 0) is 6.42 Å². The summed E-state index contributed by atoms with van der Waals surface area (Å²) in [6.07, 6.45) is 2.05. The standard InChI is InChI=1S/C17H18N2S/c18-19-17(8-5-13-9-10-20-12-13)16-7-6-14-3-1-2-4-15(14)11-16/h1-4,6-7,9-12,17,19H,5,8,18H2. The average Bonchev–Trinajstić information content (AvgIpc) is 3.01. The zero-order chi connectivity index (χ0) is 13.8. The van der Waals surface area contributed by atoms with Crippen molar-refractivity contribution in [3.63, 3.8) is 0 Å². The summed E-state index contributed by atoms with van der Waals surface area (Å²) in [6, 6.07) is 17.4. The van der Waals surface area contributed by atoms with E-state index >= 15 is 0 Å². The maximum Gasteiger partial charge on any atom is 0.0463 e. The van der Waals surface area contributed by atoms with Crippen molar-refractivity contribution >= 4 is 22.1 Å². The first-order valence-corrected chi connectivity index (χ1v) is 7.77. The van der Waals surface area contributed by atoms with Crippen LogP contribution in [0.2, 0.25) is 0 Å². The predicted octanol–water partition coefficient (Wildman–Crippen LogP) is 4.04. The van der Waals surface area contributed by atoms with E-state index in [1.54, 1.807) is 11.3 Å². The lowest BCUT2D eigenvalue weighted by Gasteiger charge is -2.16. The van der Waals surface area contributed by atoms with E-state index in [4.69, 9.17) is 5.84 Å². The first-order chi connectivity index (χ1) is 9.86. The first-order valence-electron chi connectivity index (χ1n) is 6.83. The molecule has 1 atom stereocenters. The Morgan fingerprint density at radius 3 is 2.65 bits per heavy atom. The van der Waals surface area contributed by atoms with Gasteiger partial charge in [-0.3, -0.25) is 11.3 Å². The van der Waals surface area contributed by atoms with E-state index in [1.807, 2.05) is 0 Å². The van der Waals surface area contributed by atoms with Crippen LogP contribution in [0.15, 0.2) is 59.3 Å². The van der Waals surface area contributed by atoms with Gasteiger partial charge >= 0.3 is 0 Å². The van der Waals surface area contributed by atoms with Gasteiger partial charge in [0.2, 0.25) is 0 Å². The van der Waals surface area contributed by atoms with Gasteiger partial charge in [0.15, 0.2) is 0 Å². The summed E-state index contributed by atoms with van der Waals surface area (Å²) in [4.78, 5) is 0. The van der Waals surface area contributed by atoms with Crippen LogP contribution in [0.5, 0.6) is 0 Å². The molecule has 3 rings (SSSR count). The molecule has 0 fully saturated rings. The van der Waals surface area contributed by atoms with Gasteiger partial charge in [-0.2, -0.15) is 11.3 Å². The highest BCUT2D eigenvalue weighted by atomic mass is 32.1. The van der Waals surface area contributed by atoms with Crippen molar-refractivity contribution in [2.24, 2.45) is 5.84 Å². The van der Waals surface area contributed by atoms with Crippen molar-refractivity contribution in [2.45, 2.75) is 18.9 Å². The van der Waals surface area contributed by atoms with E-state index in [9.17, 15) is 0 Å².